The first-order valence-electron chi connectivity index (χ1n) is 3.89. The van der Waals surface area contributed by atoms with Gasteiger partial charge in [-0.1, -0.05) is 13.8 Å². The summed E-state index contributed by atoms with van der Waals surface area (Å²) >= 11 is 0. The predicted octanol–water partition coefficient (Wildman–Crippen LogP) is 0.583. The van der Waals surface area contributed by atoms with Crippen LogP contribution >= 0.6 is 0 Å². The molecule has 0 radical (unpaired) electrons. The van der Waals surface area contributed by atoms with Crippen molar-refractivity contribution in [1.82, 2.24) is 4.90 Å². The first kappa shape index (κ1) is 8.53. The third-order valence-electron chi connectivity index (χ3n) is 2.44. The highest BCUT2D eigenvalue weighted by Crippen LogP contribution is 2.32. The molecular weight excluding hydrogens is 142 g/mol. The summed E-state index contributed by atoms with van der Waals surface area (Å²) < 4.78 is 0. The van der Waals surface area contributed by atoms with E-state index in [-0.39, 0.29) is 11.3 Å². The Morgan fingerprint density at radius 1 is 1.64 bits per heavy atom. The fourth-order valence-corrected chi connectivity index (χ4v) is 1.40. The Hall–Kier alpha value is -0.570. The van der Waals surface area contributed by atoms with E-state index < -0.39 is 6.23 Å². The quantitative estimate of drug-likeness (QED) is 0.559. The summed E-state index contributed by atoms with van der Waals surface area (Å²) in [5.74, 6) is 0.0387. The van der Waals surface area contributed by atoms with Crippen LogP contribution < -0.4 is 0 Å². The Balaban J connectivity index is 2.75. The maximum absolute atomic E-state index is 11.1. The Labute approximate surface area is 67.0 Å². The zero-order valence-electron chi connectivity index (χ0n) is 7.29. The van der Waals surface area contributed by atoms with Gasteiger partial charge in [0.1, 0.15) is 6.23 Å². The molecule has 3 heteroatoms. The number of hydrogen-bond acceptors (Lipinski definition) is 2. The van der Waals surface area contributed by atoms with Crippen LogP contribution in [0.25, 0.3) is 0 Å². The van der Waals surface area contributed by atoms with Crippen molar-refractivity contribution in [3.05, 3.63) is 0 Å². The summed E-state index contributed by atoms with van der Waals surface area (Å²) in [5, 5.41) is 9.58. The van der Waals surface area contributed by atoms with Crippen LogP contribution in [0.4, 0.5) is 0 Å². The number of aliphatic hydroxyl groups excluding tert-OH is 1. The predicted molar refractivity (Wildman–Crippen MR) is 41.8 cm³/mol. The van der Waals surface area contributed by atoms with Gasteiger partial charge in [-0.05, 0) is 6.42 Å². The van der Waals surface area contributed by atoms with Crippen molar-refractivity contribution in [3.63, 3.8) is 0 Å². The van der Waals surface area contributed by atoms with Crippen LogP contribution in [0.1, 0.15) is 26.7 Å². The number of nitrogens with zero attached hydrogens (tertiary/aromatic N) is 1. The van der Waals surface area contributed by atoms with Gasteiger partial charge in [-0.15, -0.1) is 0 Å². The summed E-state index contributed by atoms with van der Waals surface area (Å²) in [6, 6.07) is 0. The normalized spacial score (nSPS) is 30.7. The number of likely N-dealkylation sites (tertiary alicyclic amines) is 1. The van der Waals surface area contributed by atoms with Crippen LogP contribution in [0.3, 0.4) is 0 Å². The molecule has 1 aliphatic heterocycles. The summed E-state index contributed by atoms with van der Waals surface area (Å²) in [4.78, 5) is 12.5. The van der Waals surface area contributed by atoms with E-state index in [1.54, 1.807) is 7.05 Å². The molecule has 0 aliphatic carbocycles. The SMILES string of the molecule is CN1C(=O)CCC(C)(C)C1O. The monoisotopic (exact) mass is 157 g/mol. The lowest BCUT2D eigenvalue weighted by molar-refractivity contribution is -0.157. The average Bonchev–Trinajstić information content (AvgIpc) is 1.95. The van der Waals surface area contributed by atoms with Gasteiger partial charge >= 0.3 is 0 Å². The van der Waals surface area contributed by atoms with Crippen LogP contribution in [-0.4, -0.2) is 29.2 Å². The highest BCUT2D eigenvalue weighted by molar-refractivity contribution is 5.77. The summed E-state index contributed by atoms with van der Waals surface area (Å²) in [7, 11) is 1.65. The topological polar surface area (TPSA) is 40.5 Å². The van der Waals surface area contributed by atoms with Gasteiger partial charge in [0.25, 0.3) is 0 Å². The first-order valence-corrected chi connectivity index (χ1v) is 3.89. The zero-order chi connectivity index (χ0) is 8.65. The van der Waals surface area contributed by atoms with E-state index in [1.165, 1.54) is 4.90 Å². The van der Waals surface area contributed by atoms with E-state index in [0.29, 0.717) is 6.42 Å². The number of aliphatic hydroxyl groups is 1. The molecule has 1 unspecified atom stereocenters. The molecule has 0 aromatic carbocycles. The molecular formula is C8H15NO2. The fourth-order valence-electron chi connectivity index (χ4n) is 1.40. The van der Waals surface area contributed by atoms with Crippen molar-refractivity contribution >= 4 is 5.91 Å². The number of rotatable bonds is 0. The third-order valence-corrected chi connectivity index (χ3v) is 2.44. The Kier molecular flexibility index (Phi) is 1.92. The van der Waals surface area contributed by atoms with Gasteiger partial charge in [0.15, 0.2) is 0 Å². The Bertz CT molecular complexity index is 177. The molecule has 11 heavy (non-hydrogen) atoms. The van der Waals surface area contributed by atoms with Gasteiger partial charge in [0.05, 0.1) is 0 Å². The van der Waals surface area contributed by atoms with Crippen molar-refractivity contribution in [2.45, 2.75) is 32.9 Å². The fraction of sp³-hybridized carbons (Fsp3) is 0.875. The second kappa shape index (κ2) is 2.48. The van der Waals surface area contributed by atoms with E-state index >= 15 is 0 Å². The van der Waals surface area contributed by atoms with Crippen molar-refractivity contribution in [2.24, 2.45) is 5.41 Å². The van der Waals surface area contributed by atoms with E-state index in [4.69, 9.17) is 0 Å². The van der Waals surface area contributed by atoms with Gasteiger partial charge in [0, 0.05) is 18.9 Å². The summed E-state index contributed by atoms with van der Waals surface area (Å²) in [6.07, 6.45) is 0.710. The molecule has 64 valence electrons. The molecule has 1 N–H and O–H groups in total. The molecule has 1 atom stereocenters. The molecule has 1 heterocycles. The van der Waals surface area contributed by atoms with Crippen LogP contribution in [0.2, 0.25) is 0 Å². The largest absolute Gasteiger partial charge is 0.373 e. The number of carbonyl (C=O) groups excluding carboxylic acids is 1. The highest BCUT2D eigenvalue weighted by Gasteiger charge is 2.37. The second-order valence-electron chi connectivity index (χ2n) is 3.87. The van der Waals surface area contributed by atoms with E-state index in [2.05, 4.69) is 0 Å². The van der Waals surface area contributed by atoms with Crippen LogP contribution in [0.15, 0.2) is 0 Å². The highest BCUT2D eigenvalue weighted by atomic mass is 16.3. The molecule has 1 saturated heterocycles. The molecule has 1 rings (SSSR count). The molecule has 1 amide bonds. The van der Waals surface area contributed by atoms with Crippen molar-refractivity contribution in [3.8, 4) is 0 Å². The standard InChI is InChI=1S/C8H15NO2/c1-8(2)5-4-6(10)9(3)7(8)11/h7,11H,4-5H2,1-3H3. The van der Waals surface area contributed by atoms with E-state index in [0.717, 1.165) is 6.42 Å². The molecule has 0 aromatic rings. The van der Waals surface area contributed by atoms with Crippen molar-refractivity contribution < 1.29 is 9.90 Å². The lowest BCUT2D eigenvalue weighted by Gasteiger charge is -2.41. The maximum atomic E-state index is 11.1. The summed E-state index contributed by atoms with van der Waals surface area (Å²) in [5.41, 5.74) is -0.150. The lowest BCUT2D eigenvalue weighted by atomic mass is 9.82. The Morgan fingerprint density at radius 2 is 2.18 bits per heavy atom. The van der Waals surface area contributed by atoms with Crippen LogP contribution in [-0.2, 0) is 4.79 Å². The third kappa shape index (κ3) is 1.38. The summed E-state index contributed by atoms with van der Waals surface area (Å²) in [6.45, 7) is 3.95. The zero-order valence-corrected chi connectivity index (χ0v) is 7.29. The second-order valence-corrected chi connectivity index (χ2v) is 3.87. The molecule has 1 fully saturated rings. The molecule has 3 nitrogen and oxygen atoms in total. The molecule has 0 bridgehead atoms. The van der Waals surface area contributed by atoms with Crippen LogP contribution in [0, 0.1) is 5.41 Å². The number of amides is 1. The van der Waals surface area contributed by atoms with Gasteiger partial charge in [-0.3, -0.25) is 4.79 Å². The number of piperidine rings is 1. The number of carbonyl (C=O) groups is 1. The minimum atomic E-state index is -0.622. The molecule has 0 aromatic heterocycles. The van der Waals surface area contributed by atoms with E-state index in [9.17, 15) is 9.90 Å². The van der Waals surface area contributed by atoms with Crippen molar-refractivity contribution in [1.29, 1.82) is 0 Å². The number of hydrogen-bond donors (Lipinski definition) is 1. The molecule has 0 saturated carbocycles. The smallest absolute Gasteiger partial charge is 0.224 e. The lowest BCUT2D eigenvalue weighted by Crippen LogP contribution is -2.50. The van der Waals surface area contributed by atoms with Crippen LogP contribution in [0.5, 0.6) is 0 Å². The minimum absolute atomic E-state index is 0.0387. The first-order chi connectivity index (χ1) is 4.95. The molecule has 1 aliphatic rings. The average molecular weight is 157 g/mol. The van der Waals surface area contributed by atoms with Crippen molar-refractivity contribution in [2.75, 3.05) is 7.05 Å². The van der Waals surface area contributed by atoms with Gasteiger partial charge in [-0.2, -0.15) is 0 Å². The van der Waals surface area contributed by atoms with Gasteiger partial charge in [0.2, 0.25) is 5.91 Å². The van der Waals surface area contributed by atoms with E-state index in [1.807, 2.05) is 13.8 Å². The Morgan fingerprint density at radius 3 is 2.64 bits per heavy atom. The minimum Gasteiger partial charge on any atom is -0.373 e. The maximum Gasteiger partial charge on any atom is 0.224 e. The van der Waals surface area contributed by atoms with Gasteiger partial charge in [-0.25, -0.2) is 0 Å². The molecule has 0 spiro atoms. The van der Waals surface area contributed by atoms with Gasteiger partial charge < -0.3 is 10.0 Å².